The van der Waals surface area contributed by atoms with Crippen molar-refractivity contribution in [3.63, 3.8) is 0 Å². The second kappa shape index (κ2) is 5.32. The minimum absolute atomic E-state index is 0.321. The third-order valence-corrected chi connectivity index (χ3v) is 3.18. The molecule has 0 spiro atoms. The molecule has 0 aromatic heterocycles. The predicted octanol–water partition coefficient (Wildman–Crippen LogP) is 1.41. The number of benzene rings is 1. The van der Waals surface area contributed by atoms with E-state index in [0.29, 0.717) is 12.6 Å². The fraction of sp³-hybridized carbons (Fsp3) is 0.538. The summed E-state index contributed by atoms with van der Waals surface area (Å²) in [6.45, 7) is 5.30. The Bertz CT molecular complexity index is 323. The molecule has 0 bridgehead atoms. The summed E-state index contributed by atoms with van der Waals surface area (Å²) in [6.07, 6.45) is 1.09. The number of anilines is 1. The highest BCUT2D eigenvalue weighted by Crippen LogP contribution is 2.20. The first-order chi connectivity index (χ1) is 7.85. The zero-order valence-corrected chi connectivity index (χ0v) is 9.86. The van der Waals surface area contributed by atoms with Crippen LogP contribution in [-0.4, -0.2) is 32.3 Å². The molecule has 0 radical (unpaired) electrons. The van der Waals surface area contributed by atoms with Gasteiger partial charge in [0.1, 0.15) is 0 Å². The fourth-order valence-corrected chi connectivity index (χ4v) is 2.11. The van der Waals surface area contributed by atoms with E-state index in [1.807, 2.05) is 0 Å². The van der Waals surface area contributed by atoms with Crippen molar-refractivity contribution < 1.29 is 4.74 Å². The Kier molecular flexibility index (Phi) is 3.80. The van der Waals surface area contributed by atoms with E-state index in [0.717, 1.165) is 26.2 Å². The Morgan fingerprint density at radius 3 is 2.75 bits per heavy atom. The summed E-state index contributed by atoms with van der Waals surface area (Å²) >= 11 is 0. The van der Waals surface area contributed by atoms with Gasteiger partial charge < -0.3 is 15.4 Å². The van der Waals surface area contributed by atoms with E-state index in [1.54, 1.807) is 0 Å². The largest absolute Gasteiger partial charge is 0.377 e. The maximum Gasteiger partial charge on any atom is 0.0683 e. The smallest absolute Gasteiger partial charge is 0.0683 e. The van der Waals surface area contributed by atoms with Crippen molar-refractivity contribution in [1.82, 2.24) is 0 Å². The number of rotatable bonds is 3. The second-order valence-corrected chi connectivity index (χ2v) is 4.18. The molecular formula is C13H20N2O. The second-order valence-electron chi connectivity index (χ2n) is 4.18. The molecule has 1 aromatic rings. The lowest BCUT2D eigenvalue weighted by Crippen LogP contribution is -2.49. The third kappa shape index (κ3) is 2.36. The van der Waals surface area contributed by atoms with Crippen LogP contribution in [0.5, 0.6) is 0 Å². The zero-order valence-electron chi connectivity index (χ0n) is 9.86. The van der Waals surface area contributed by atoms with E-state index < -0.39 is 0 Å². The first-order valence-corrected chi connectivity index (χ1v) is 5.98. The predicted molar refractivity (Wildman–Crippen MR) is 66.8 cm³/mol. The van der Waals surface area contributed by atoms with Crippen molar-refractivity contribution in [1.29, 1.82) is 0 Å². The van der Waals surface area contributed by atoms with Gasteiger partial charge in [-0.1, -0.05) is 19.1 Å². The molecule has 0 saturated carbocycles. The Hall–Kier alpha value is -1.06. The summed E-state index contributed by atoms with van der Waals surface area (Å²) in [4.78, 5) is 2.35. The number of hydrogen-bond acceptors (Lipinski definition) is 3. The number of aryl methyl sites for hydroxylation is 1. The van der Waals surface area contributed by atoms with Crippen LogP contribution in [0.25, 0.3) is 0 Å². The van der Waals surface area contributed by atoms with E-state index in [-0.39, 0.29) is 0 Å². The van der Waals surface area contributed by atoms with Gasteiger partial charge in [-0.15, -0.1) is 0 Å². The van der Waals surface area contributed by atoms with E-state index in [9.17, 15) is 0 Å². The van der Waals surface area contributed by atoms with Crippen molar-refractivity contribution in [2.24, 2.45) is 5.73 Å². The Labute approximate surface area is 97.2 Å². The number of morpholine rings is 1. The molecule has 16 heavy (non-hydrogen) atoms. The third-order valence-electron chi connectivity index (χ3n) is 3.18. The molecule has 2 rings (SSSR count). The lowest BCUT2D eigenvalue weighted by Gasteiger charge is -2.36. The summed E-state index contributed by atoms with van der Waals surface area (Å²) in [6, 6.07) is 9.08. The van der Waals surface area contributed by atoms with E-state index >= 15 is 0 Å². The van der Waals surface area contributed by atoms with Crippen LogP contribution < -0.4 is 10.6 Å². The molecule has 1 aliphatic heterocycles. The van der Waals surface area contributed by atoms with Crippen LogP contribution in [0.15, 0.2) is 24.3 Å². The normalized spacial score (nSPS) is 21.1. The fourth-order valence-electron chi connectivity index (χ4n) is 2.11. The molecule has 1 saturated heterocycles. The zero-order chi connectivity index (χ0) is 11.4. The van der Waals surface area contributed by atoms with E-state index in [1.165, 1.54) is 11.3 Å². The molecule has 1 unspecified atom stereocenters. The SMILES string of the molecule is CCc1ccc(N2CCOCC2CN)cc1. The van der Waals surface area contributed by atoms with Crippen molar-refractivity contribution in [2.75, 3.05) is 31.2 Å². The van der Waals surface area contributed by atoms with Gasteiger partial charge in [0.15, 0.2) is 0 Å². The van der Waals surface area contributed by atoms with Crippen LogP contribution in [0.4, 0.5) is 5.69 Å². The maximum atomic E-state index is 5.77. The molecule has 0 aliphatic carbocycles. The van der Waals surface area contributed by atoms with Gasteiger partial charge in [-0.05, 0) is 24.1 Å². The summed E-state index contributed by atoms with van der Waals surface area (Å²) in [5.74, 6) is 0. The van der Waals surface area contributed by atoms with Crippen molar-refractivity contribution >= 4 is 5.69 Å². The molecule has 3 nitrogen and oxygen atoms in total. The van der Waals surface area contributed by atoms with Gasteiger partial charge in [0.25, 0.3) is 0 Å². The van der Waals surface area contributed by atoms with Gasteiger partial charge in [0.2, 0.25) is 0 Å². The minimum atomic E-state index is 0.321. The van der Waals surface area contributed by atoms with Gasteiger partial charge >= 0.3 is 0 Å². The lowest BCUT2D eigenvalue weighted by atomic mass is 10.1. The molecule has 1 fully saturated rings. The minimum Gasteiger partial charge on any atom is -0.377 e. The van der Waals surface area contributed by atoms with Crippen LogP contribution in [0.2, 0.25) is 0 Å². The van der Waals surface area contributed by atoms with Gasteiger partial charge in [-0.2, -0.15) is 0 Å². The van der Waals surface area contributed by atoms with Crippen LogP contribution in [0, 0.1) is 0 Å². The van der Waals surface area contributed by atoms with E-state index in [4.69, 9.17) is 10.5 Å². The standard InChI is InChI=1S/C13H20N2O/c1-2-11-3-5-12(6-4-11)15-7-8-16-10-13(15)9-14/h3-6,13H,2,7-10,14H2,1H3. The first-order valence-electron chi connectivity index (χ1n) is 5.98. The molecule has 1 aliphatic rings. The molecule has 2 N–H and O–H groups in total. The van der Waals surface area contributed by atoms with Crippen LogP contribution in [-0.2, 0) is 11.2 Å². The maximum absolute atomic E-state index is 5.77. The number of ether oxygens (including phenoxy) is 1. The number of nitrogens with zero attached hydrogens (tertiary/aromatic N) is 1. The monoisotopic (exact) mass is 220 g/mol. The average molecular weight is 220 g/mol. The quantitative estimate of drug-likeness (QED) is 0.837. The van der Waals surface area contributed by atoms with Gasteiger partial charge in [0.05, 0.1) is 19.3 Å². The molecule has 1 atom stereocenters. The van der Waals surface area contributed by atoms with Crippen molar-refractivity contribution in [3.05, 3.63) is 29.8 Å². The Balaban J connectivity index is 2.14. The van der Waals surface area contributed by atoms with Crippen molar-refractivity contribution in [3.8, 4) is 0 Å². The highest BCUT2D eigenvalue weighted by atomic mass is 16.5. The molecular weight excluding hydrogens is 200 g/mol. The summed E-state index contributed by atoms with van der Waals surface area (Å²) < 4.78 is 5.45. The topological polar surface area (TPSA) is 38.5 Å². The number of nitrogens with two attached hydrogens (primary N) is 1. The van der Waals surface area contributed by atoms with E-state index in [2.05, 4.69) is 36.1 Å². The molecule has 3 heteroatoms. The van der Waals surface area contributed by atoms with Crippen LogP contribution in [0.3, 0.4) is 0 Å². The summed E-state index contributed by atoms with van der Waals surface area (Å²) in [5.41, 5.74) is 8.40. The molecule has 1 heterocycles. The average Bonchev–Trinajstić information content (AvgIpc) is 2.39. The summed E-state index contributed by atoms with van der Waals surface area (Å²) in [7, 11) is 0. The van der Waals surface area contributed by atoms with Crippen LogP contribution >= 0.6 is 0 Å². The van der Waals surface area contributed by atoms with Crippen LogP contribution in [0.1, 0.15) is 12.5 Å². The van der Waals surface area contributed by atoms with Gasteiger partial charge in [-0.25, -0.2) is 0 Å². The lowest BCUT2D eigenvalue weighted by molar-refractivity contribution is 0.0963. The van der Waals surface area contributed by atoms with Crippen molar-refractivity contribution in [2.45, 2.75) is 19.4 Å². The number of hydrogen-bond donors (Lipinski definition) is 1. The molecule has 1 aromatic carbocycles. The Morgan fingerprint density at radius 1 is 1.38 bits per heavy atom. The molecule has 0 amide bonds. The highest BCUT2D eigenvalue weighted by Gasteiger charge is 2.21. The Morgan fingerprint density at radius 2 is 2.12 bits per heavy atom. The van der Waals surface area contributed by atoms with Gasteiger partial charge in [-0.3, -0.25) is 0 Å². The summed E-state index contributed by atoms with van der Waals surface area (Å²) in [5, 5.41) is 0. The highest BCUT2D eigenvalue weighted by molar-refractivity contribution is 5.49. The molecule has 88 valence electrons. The van der Waals surface area contributed by atoms with Gasteiger partial charge in [0, 0.05) is 18.8 Å². The first kappa shape index (κ1) is 11.4.